The van der Waals surface area contributed by atoms with Gasteiger partial charge in [0.1, 0.15) is 0 Å². The van der Waals surface area contributed by atoms with E-state index < -0.39 is 0 Å². The second kappa shape index (κ2) is 9.26. The van der Waals surface area contributed by atoms with Crippen LogP contribution in [0.15, 0.2) is 40.9 Å². The third-order valence-electron chi connectivity index (χ3n) is 3.77. The largest absolute Gasteiger partial charge is 0.383 e. The van der Waals surface area contributed by atoms with Gasteiger partial charge in [-0.15, -0.1) is 0 Å². The molecule has 120 valence electrons. The number of nitrogens with one attached hydrogen (secondary N) is 1. The van der Waals surface area contributed by atoms with E-state index in [1.54, 1.807) is 7.11 Å². The lowest BCUT2D eigenvalue weighted by Crippen LogP contribution is -2.44. The zero-order valence-corrected chi connectivity index (χ0v) is 13.7. The molecule has 1 aliphatic rings. The normalized spacial score (nSPS) is 15.8. The van der Waals surface area contributed by atoms with Crippen LogP contribution in [0.1, 0.15) is 25.3 Å². The quantitative estimate of drug-likeness (QED) is 0.516. The number of benzene rings is 1. The van der Waals surface area contributed by atoms with Crippen LogP contribution in [0.3, 0.4) is 0 Å². The van der Waals surface area contributed by atoms with E-state index in [0.29, 0.717) is 13.2 Å². The molecule has 0 radical (unpaired) electrons. The molecule has 22 heavy (non-hydrogen) atoms. The molecule has 1 aromatic carbocycles. The fourth-order valence-corrected chi connectivity index (χ4v) is 2.60. The van der Waals surface area contributed by atoms with Crippen molar-refractivity contribution in [2.45, 2.75) is 19.8 Å². The van der Waals surface area contributed by atoms with Gasteiger partial charge in [-0.3, -0.25) is 4.99 Å². The summed E-state index contributed by atoms with van der Waals surface area (Å²) in [6, 6.07) is 10.6. The first kappa shape index (κ1) is 16.6. The number of nitrogens with zero attached hydrogens (tertiary/aromatic N) is 2. The first-order valence-corrected chi connectivity index (χ1v) is 8.10. The van der Waals surface area contributed by atoms with E-state index in [1.807, 2.05) is 0 Å². The van der Waals surface area contributed by atoms with E-state index in [1.165, 1.54) is 11.1 Å². The summed E-state index contributed by atoms with van der Waals surface area (Å²) in [5, 5.41) is 3.38. The number of methoxy groups -OCH3 is 1. The maximum absolute atomic E-state index is 5.08. The van der Waals surface area contributed by atoms with E-state index >= 15 is 0 Å². The van der Waals surface area contributed by atoms with Gasteiger partial charge in [-0.25, -0.2) is 0 Å². The summed E-state index contributed by atoms with van der Waals surface area (Å²) in [7, 11) is 1.71. The molecule has 1 saturated heterocycles. The van der Waals surface area contributed by atoms with Gasteiger partial charge in [-0.1, -0.05) is 42.0 Å². The molecule has 0 atom stereocenters. The van der Waals surface area contributed by atoms with Crippen molar-refractivity contribution in [1.82, 2.24) is 10.2 Å². The van der Waals surface area contributed by atoms with Gasteiger partial charge in [0.2, 0.25) is 0 Å². The Balaban J connectivity index is 1.92. The Labute approximate surface area is 133 Å². The molecule has 0 aromatic heterocycles. The van der Waals surface area contributed by atoms with Crippen LogP contribution in [0.5, 0.6) is 0 Å². The number of piperidine rings is 1. The Morgan fingerprint density at radius 3 is 2.64 bits per heavy atom. The lowest BCUT2D eigenvalue weighted by molar-refractivity contribution is 0.207. The van der Waals surface area contributed by atoms with Gasteiger partial charge in [0.15, 0.2) is 5.96 Å². The second-order valence-electron chi connectivity index (χ2n) is 5.43. The van der Waals surface area contributed by atoms with Crippen molar-refractivity contribution >= 4 is 12.0 Å². The Hall–Kier alpha value is -1.81. The van der Waals surface area contributed by atoms with Crippen LogP contribution in [0.4, 0.5) is 0 Å². The number of aliphatic imine (C=N–C) groups is 1. The number of likely N-dealkylation sites (tertiary alicyclic amines) is 1. The van der Waals surface area contributed by atoms with Crippen molar-refractivity contribution in [3.05, 3.63) is 41.5 Å². The smallest absolute Gasteiger partial charge is 0.194 e. The summed E-state index contributed by atoms with van der Waals surface area (Å²) in [6.07, 6.45) is 4.53. The van der Waals surface area contributed by atoms with E-state index in [4.69, 9.17) is 4.74 Å². The highest BCUT2D eigenvalue weighted by Crippen LogP contribution is 2.19. The molecule has 4 nitrogen and oxygen atoms in total. The molecule has 0 amide bonds. The molecule has 1 heterocycles. The lowest BCUT2D eigenvalue weighted by atomic mass is 10.0. The standard InChI is InChI=1S/C18H27N3O/c1-3-19-18(20-11-14-22-2)21-12-9-17(10-13-21)15-16-7-5-4-6-8-16/h4-8,15H,3,9-14H2,1-2H3,(H,19,20). The number of ether oxygens (including phenoxy) is 1. The summed E-state index contributed by atoms with van der Waals surface area (Å²) in [5.74, 6) is 1.01. The molecule has 1 aromatic rings. The number of rotatable bonds is 5. The van der Waals surface area contributed by atoms with Crippen LogP contribution in [0, 0.1) is 0 Å². The van der Waals surface area contributed by atoms with E-state index in [2.05, 4.69) is 58.5 Å². The fraction of sp³-hybridized carbons (Fsp3) is 0.500. The Morgan fingerprint density at radius 2 is 2.00 bits per heavy atom. The Kier molecular flexibility index (Phi) is 6.97. The minimum absolute atomic E-state index is 0.669. The van der Waals surface area contributed by atoms with Gasteiger partial charge in [0, 0.05) is 26.7 Å². The molecular weight excluding hydrogens is 274 g/mol. The third kappa shape index (κ3) is 5.19. The molecular formula is C18H27N3O. The van der Waals surface area contributed by atoms with Crippen LogP contribution >= 0.6 is 0 Å². The Morgan fingerprint density at radius 1 is 1.27 bits per heavy atom. The molecule has 4 heteroatoms. The predicted octanol–water partition coefficient (Wildman–Crippen LogP) is 2.78. The summed E-state index contributed by atoms with van der Waals surface area (Å²) < 4.78 is 5.08. The topological polar surface area (TPSA) is 36.9 Å². The fourth-order valence-electron chi connectivity index (χ4n) is 2.60. The molecule has 2 rings (SSSR count). The Bertz CT molecular complexity index is 486. The summed E-state index contributed by atoms with van der Waals surface area (Å²) in [5.41, 5.74) is 2.82. The van der Waals surface area contributed by atoms with Gasteiger partial charge in [0.25, 0.3) is 0 Å². The third-order valence-corrected chi connectivity index (χ3v) is 3.77. The molecule has 0 saturated carbocycles. The zero-order chi connectivity index (χ0) is 15.6. The van der Waals surface area contributed by atoms with Crippen molar-refractivity contribution in [2.75, 3.05) is 39.9 Å². The minimum Gasteiger partial charge on any atom is -0.383 e. The van der Waals surface area contributed by atoms with Gasteiger partial charge in [-0.05, 0) is 25.3 Å². The molecule has 0 unspecified atom stereocenters. The SMILES string of the molecule is CCNC(=NCCOC)N1CCC(=Cc2ccccc2)CC1. The maximum Gasteiger partial charge on any atom is 0.194 e. The lowest BCUT2D eigenvalue weighted by Gasteiger charge is -2.31. The van der Waals surface area contributed by atoms with E-state index in [-0.39, 0.29) is 0 Å². The molecule has 1 fully saturated rings. The molecule has 1 aliphatic heterocycles. The van der Waals surface area contributed by atoms with Crippen molar-refractivity contribution in [3.8, 4) is 0 Å². The van der Waals surface area contributed by atoms with Crippen molar-refractivity contribution in [1.29, 1.82) is 0 Å². The maximum atomic E-state index is 5.08. The molecule has 0 bridgehead atoms. The zero-order valence-electron chi connectivity index (χ0n) is 13.7. The van der Waals surface area contributed by atoms with Crippen LogP contribution in [-0.2, 0) is 4.74 Å². The van der Waals surface area contributed by atoms with Gasteiger partial charge in [0.05, 0.1) is 13.2 Å². The predicted molar refractivity (Wildman–Crippen MR) is 93.1 cm³/mol. The molecule has 1 N–H and O–H groups in total. The molecule has 0 spiro atoms. The van der Waals surface area contributed by atoms with Crippen molar-refractivity contribution < 1.29 is 4.74 Å². The van der Waals surface area contributed by atoms with E-state index in [9.17, 15) is 0 Å². The van der Waals surface area contributed by atoms with Crippen LogP contribution in [0.2, 0.25) is 0 Å². The summed E-state index contributed by atoms with van der Waals surface area (Å²) >= 11 is 0. The van der Waals surface area contributed by atoms with Crippen molar-refractivity contribution in [2.24, 2.45) is 4.99 Å². The van der Waals surface area contributed by atoms with Crippen LogP contribution in [-0.4, -0.2) is 50.8 Å². The number of hydrogen-bond acceptors (Lipinski definition) is 2. The number of hydrogen-bond donors (Lipinski definition) is 1. The highest BCUT2D eigenvalue weighted by atomic mass is 16.5. The molecule has 0 aliphatic carbocycles. The minimum atomic E-state index is 0.669. The summed E-state index contributed by atoms with van der Waals surface area (Å²) in [6.45, 7) is 6.43. The average molecular weight is 301 g/mol. The highest BCUT2D eigenvalue weighted by Gasteiger charge is 2.16. The summed E-state index contributed by atoms with van der Waals surface area (Å²) in [4.78, 5) is 6.97. The van der Waals surface area contributed by atoms with Crippen molar-refractivity contribution in [3.63, 3.8) is 0 Å². The van der Waals surface area contributed by atoms with Gasteiger partial charge < -0.3 is 15.0 Å². The van der Waals surface area contributed by atoms with Crippen LogP contribution in [0.25, 0.3) is 6.08 Å². The van der Waals surface area contributed by atoms with E-state index in [0.717, 1.165) is 38.4 Å². The first-order chi connectivity index (χ1) is 10.8. The average Bonchev–Trinajstić information content (AvgIpc) is 2.56. The first-order valence-electron chi connectivity index (χ1n) is 8.10. The second-order valence-corrected chi connectivity index (χ2v) is 5.43. The highest BCUT2D eigenvalue weighted by molar-refractivity contribution is 5.80. The van der Waals surface area contributed by atoms with Gasteiger partial charge >= 0.3 is 0 Å². The number of guanidine groups is 1. The van der Waals surface area contributed by atoms with Gasteiger partial charge in [-0.2, -0.15) is 0 Å². The monoisotopic (exact) mass is 301 g/mol. The van der Waals surface area contributed by atoms with Crippen LogP contribution < -0.4 is 5.32 Å².